The summed E-state index contributed by atoms with van der Waals surface area (Å²) >= 11 is 0. The zero-order chi connectivity index (χ0) is 19.8. The first-order chi connectivity index (χ1) is 12.9. The lowest BCUT2D eigenvalue weighted by Gasteiger charge is -2.09. The van der Waals surface area contributed by atoms with E-state index in [0.717, 1.165) is 11.3 Å². The molecule has 2 aromatic carbocycles. The lowest BCUT2D eigenvalue weighted by Crippen LogP contribution is -2.21. The van der Waals surface area contributed by atoms with E-state index in [9.17, 15) is 9.59 Å². The number of hydrazone groups is 1. The summed E-state index contributed by atoms with van der Waals surface area (Å²) in [6, 6.07) is 12.3. The van der Waals surface area contributed by atoms with Gasteiger partial charge in [-0.15, -0.1) is 0 Å². The Morgan fingerprint density at radius 2 is 1.74 bits per heavy atom. The first-order valence-corrected chi connectivity index (χ1v) is 8.35. The van der Waals surface area contributed by atoms with E-state index in [4.69, 9.17) is 9.47 Å². The largest absolute Gasteiger partial charge is 0.493 e. The number of nitrogens with one attached hydrogen (secondary N) is 2. The summed E-state index contributed by atoms with van der Waals surface area (Å²) in [5.74, 6) is 0.366. The molecule has 0 saturated heterocycles. The molecule has 0 spiro atoms. The molecule has 27 heavy (non-hydrogen) atoms. The summed E-state index contributed by atoms with van der Waals surface area (Å²) in [4.78, 5) is 24.3. The first-order valence-electron chi connectivity index (χ1n) is 8.35. The highest BCUT2D eigenvalue weighted by atomic mass is 16.5. The molecule has 142 valence electrons. The maximum atomic E-state index is 12.2. The highest BCUT2D eigenvalue weighted by Crippen LogP contribution is 2.27. The number of aryl methyl sites for hydroxylation is 1. The van der Waals surface area contributed by atoms with Crippen molar-refractivity contribution < 1.29 is 19.1 Å². The van der Waals surface area contributed by atoms with E-state index in [0.29, 0.717) is 22.8 Å². The Hall–Kier alpha value is -3.35. The number of hydrogen-bond acceptors (Lipinski definition) is 5. The third-order valence-electron chi connectivity index (χ3n) is 3.83. The minimum Gasteiger partial charge on any atom is -0.493 e. The van der Waals surface area contributed by atoms with Crippen molar-refractivity contribution in [2.45, 2.75) is 20.3 Å². The third kappa shape index (κ3) is 5.57. The molecule has 7 heteroatoms. The molecule has 2 rings (SSSR count). The van der Waals surface area contributed by atoms with Crippen molar-refractivity contribution in [3.05, 3.63) is 53.6 Å². The molecule has 0 aliphatic heterocycles. The third-order valence-corrected chi connectivity index (χ3v) is 3.83. The summed E-state index contributed by atoms with van der Waals surface area (Å²) in [6.07, 6.45) is 0.0700. The average molecular weight is 369 g/mol. The van der Waals surface area contributed by atoms with Crippen LogP contribution in [-0.4, -0.2) is 31.7 Å². The van der Waals surface area contributed by atoms with Gasteiger partial charge in [0.15, 0.2) is 11.5 Å². The molecular weight excluding hydrogens is 346 g/mol. The van der Waals surface area contributed by atoms with Crippen LogP contribution in [0.4, 0.5) is 5.69 Å². The van der Waals surface area contributed by atoms with Crippen molar-refractivity contribution in [1.82, 2.24) is 5.43 Å². The summed E-state index contributed by atoms with van der Waals surface area (Å²) in [5.41, 5.74) is 5.02. The second-order valence-electron chi connectivity index (χ2n) is 5.90. The van der Waals surface area contributed by atoms with Gasteiger partial charge < -0.3 is 14.8 Å². The maximum Gasteiger partial charge on any atom is 0.271 e. The number of methoxy groups -OCH3 is 2. The van der Waals surface area contributed by atoms with Gasteiger partial charge in [0, 0.05) is 17.0 Å². The van der Waals surface area contributed by atoms with Gasteiger partial charge >= 0.3 is 0 Å². The number of anilines is 1. The Morgan fingerprint density at radius 1 is 1.04 bits per heavy atom. The predicted molar refractivity (Wildman–Crippen MR) is 105 cm³/mol. The highest BCUT2D eigenvalue weighted by Gasteiger charge is 2.11. The average Bonchev–Trinajstić information content (AvgIpc) is 2.67. The van der Waals surface area contributed by atoms with Crippen molar-refractivity contribution in [1.29, 1.82) is 0 Å². The van der Waals surface area contributed by atoms with Gasteiger partial charge in [0.1, 0.15) is 0 Å². The fraction of sp³-hybridized carbons (Fsp3) is 0.250. The van der Waals surface area contributed by atoms with Crippen molar-refractivity contribution in [3.63, 3.8) is 0 Å². The lowest BCUT2D eigenvalue weighted by atomic mass is 10.2. The van der Waals surface area contributed by atoms with Gasteiger partial charge in [0.25, 0.3) is 5.91 Å². The number of hydrogen-bond donors (Lipinski definition) is 2. The monoisotopic (exact) mass is 369 g/mol. The van der Waals surface area contributed by atoms with E-state index < -0.39 is 5.91 Å². The summed E-state index contributed by atoms with van der Waals surface area (Å²) in [5, 5.41) is 6.81. The quantitative estimate of drug-likeness (QED) is 0.580. The van der Waals surface area contributed by atoms with Gasteiger partial charge in [0.05, 0.1) is 20.6 Å². The predicted octanol–water partition coefficient (Wildman–Crippen LogP) is 3.15. The van der Waals surface area contributed by atoms with Crippen molar-refractivity contribution >= 4 is 23.2 Å². The van der Waals surface area contributed by atoms with Gasteiger partial charge in [-0.2, -0.15) is 5.10 Å². The fourth-order valence-electron chi connectivity index (χ4n) is 2.37. The molecule has 0 aromatic heterocycles. The zero-order valence-electron chi connectivity index (χ0n) is 15.8. The van der Waals surface area contributed by atoms with E-state index in [1.807, 2.05) is 31.2 Å². The smallest absolute Gasteiger partial charge is 0.271 e. The molecule has 0 heterocycles. The van der Waals surface area contributed by atoms with Crippen LogP contribution in [0.25, 0.3) is 0 Å². The van der Waals surface area contributed by atoms with Gasteiger partial charge in [0.2, 0.25) is 5.91 Å². The van der Waals surface area contributed by atoms with Crippen LogP contribution in [0, 0.1) is 6.92 Å². The highest BCUT2D eigenvalue weighted by molar-refractivity contribution is 6.06. The van der Waals surface area contributed by atoms with Crippen LogP contribution < -0.4 is 20.2 Å². The standard InChI is InChI=1S/C20H23N3O4/c1-13-7-5-6-8-16(13)21-19(24)11-14(2)22-23-20(25)15-9-10-17(26-3)18(12-15)27-4/h5-10,12H,11H2,1-4H3,(H,21,24)(H,23,25)/b22-14+. The summed E-state index contributed by atoms with van der Waals surface area (Å²) in [7, 11) is 3.02. The number of carbonyl (C=O) groups excluding carboxylic acids is 2. The molecule has 2 aromatic rings. The van der Waals surface area contributed by atoms with Gasteiger partial charge in [-0.05, 0) is 43.7 Å². The number of benzene rings is 2. The molecule has 7 nitrogen and oxygen atoms in total. The van der Waals surface area contributed by atoms with Gasteiger partial charge in [-0.1, -0.05) is 18.2 Å². The molecule has 0 fully saturated rings. The fourth-order valence-corrected chi connectivity index (χ4v) is 2.37. The maximum absolute atomic E-state index is 12.2. The van der Waals surface area contributed by atoms with Crippen LogP contribution in [0.1, 0.15) is 29.3 Å². The van der Waals surface area contributed by atoms with Gasteiger partial charge in [-0.3, -0.25) is 9.59 Å². The molecule has 0 bridgehead atoms. The minimum atomic E-state index is -0.408. The van der Waals surface area contributed by atoms with Crippen molar-refractivity contribution in [2.75, 3.05) is 19.5 Å². The Morgan fingerprint density at radius 3 is 2.41 bits per heavy atom. The molecule has 0 aliphatic rings. The summed E-state index contributed by atoms with van der Waals surface area (Å²) < 4.78 is 10.3. The van der Waals surface area contributed by atoms with Crippen LogP contribution in [0.3, 0.4) is 0 Å². The molecule has 0 atom stereocenters. The first kappa shape index (κ1) is 20.0. The number of nitrogens with zero attached hydrogens (tertiary/aromatic N) is 1. The van der Waals surface area contributed by atoms with Gasteiger partial charge in [-0.25, -0.2) is 5.43 Å². The number of rotatable bonds is 7. The number of para-hydroxylation sites is 1. The Labute approximate surface area is 158 Å². The van der Waals surface area contributed by atoms with Crippen LogP contribution in [0.5, 0.6) is 11.5 Å². The van der Waals surface area contributed by atoms with E-state index in [-0.39, 0.29) is 12.3 Å². The Bertz CT molecular complexity index is 862. The molecule has 0 unspecified atom stereocenters. The second kappa shape index (κ2) is 9.38. The SMILES string of the molecule is COc1ccc(C(=O)N/N=C(\C)CC(=O)Nc2ccccc2C)cc1OC. The van der Waals surface area contributed by atoms with Crippen molar-refractivity contribution in [3.8, 4) is 11.5 Å². The Balaban J connectivity index is 1.95. The number of carbonyl (C=O) groups is 2. The van der Waals surface area contributed by atoms with Crippen LogP contribution >= 0.6 is 0 Å². The van der Waals surface area contributed by atoms with Crippen LogP contribution in [0.15, 0.2) is 47.6 Å². The van der Waals surface area contributed by atoms with Crippen LogP contribution in [-0.2, 0) is 4.79 Å². The zero-order valence-corrected chi connectivity index (χ0v) is 15.8. The van der Waals surface area contributed by atoms with E-state index >= 15 is 0 Å². The minimum absolute atomic E-state index is 0.0700. The molecular formula is C20H23N3O4. The molecule has 2 N–H and O–H groups in total. The summed E-state index contributed by atoms with van der Waals surface area (Å²) in [6.45, 7) is 3.59. The molecule has 0 radical (unpaired) electrons. The molecule has 0 saturated carbocycles. The van der Waals surface area contributed by atoms with Crippen LogP contribution in [0.2, 0.25) is 0 Å². The molecule has 2 amide bonds. The topological polar surface area (TPSA) is 89.0 Å². The van der Waals surface area contributed by atoms with E-state index in [1.54, 1.807) is 25.1 Å². The van der Waals surface area contributed by atoms with E-state index in [1.165, 1.54) is 14.2 Å². The lowest BCUT2D eigenvalue weighted by molar-refractivity contribution is -0.115. The second-order valence-corrected chi connectivity index (χ2v) is 5.90. The normalized spacial score (nSPS) is 10.9. The Kier molecular flexibility index (Phi) is 6.93. The number of amides is 2. The van der Waals surface area contributed by atoms with Crippen molar-refractivity contribution in [2.24, 2.45) is 5.10 Å². The van der Waals surface area contributed by atoms with E-state index in [2.05, 4.69) is 15.8 Å². The molecule has 0 aliphatic carbocycles. The number of ether oxygens (including phenoxy) is 2.